The molecule has 27 heavy (non-hydrogen) atoms. The van der Waals surface area contributed by atoms with Gasteiger partial charge in [-0.2, -0.15) is 0 Å². The molecule has 1 fully saturated rings. The third-order valence-electron chi connectivity index (χ3n) is 4.15. The van der Waals surface area contributed by atoms with Crippen molar-refractivity contribution in [2.24, 2.45) is 0 Å². The van der Waals surface area contributed by atoms with E-state index in [1.165, 1.54) is 12.1 Å². The maximum Gasteiger partial charge on any atom is 0.229 e. The molecular formula is C20H19FN2O4. The molecule has 1 heterocycles. The number of nitrogens with zero attached hydrogens (tertiary/aromatic N) is 1. The van der Waals surface area contributed by atoms with Gasteiger partial charge in [0.05, 0.1) is 0 Å². The Bertz CT molecular complexity index is 835. The lowest BCUT2D eigenvalue weighted by Crippen LogP contribution is -2.32. The second kappa shape index (κ2) is 8.44. The Morgan fingerprint density at radius 3 is 2.48 bits per heavy atom. The number of nitrogens with one attached hydrogen (secondary N) is 1. The van der Waals surface area contributed by atoms with E-state index in [0.717, 1.165) is 10.5 Å². The summed E-state index contributed by atoms with van der Waals surface area (Å²) in [5.74, 6) is -0.506. The minimum absolute atomic E-state index is 0.0398. The van der Waals surface area contributed by atoms with E-state index in [9.17, 15) is 18.8 Å². The smallest absolute Gasteiger partial charge is 0.229 e. The first-order valence-electron chi connectivity index (χ1n) is 8.61. The van der Waals surface area contributed by atoms with Crippen LogP contribution in [0, 0.1) is 5.82 Å². The van der Waals surface area contributed by atoms with Crippen LogP contribution in [0.5, 0.6) is 5.75 Å². The molecule has 0 saturated carbocycles. The molecule has 0 aliphatic carbocycles. The highest BCUT2D eigenvalue weighted by Crippen LogP contribution is 2.19. The molecule has 0 unspecified atom stereocenters. The highest BCUT2D eigenvalue weighted by Gasteiger charge is 2.28. The van der Waals surface area contributed by atoms with Crippen molar-refractivity contribution in [3.63, 3.8) is 0 Å². The van der Waals surface area contributed by atoms with Crippen molar-refractivity contribution in [3.05, 3.63) is 59.9 Å². The van der Waals surface area contributed by atoms with Gasteiger partial charge < -0.3 is 10.1 Å². The highest BCUT2D eigenvalue weighted by molar-refractivity contribution is 6.02. The maximum atomic E-state index is 12.9. The van der Waals surface area contributed by atoms with Crippen molar-refractivity contribution in [1.29, 1.82) is 0 Å². The summed E-state index contributed by atoms with van der Waals surface area (Å²) in [5.41, 5.74) is 1.38. The van der Waals surface area contributed by atoms with Crippen LogP contribution in [0.1, 0.15) is 24.8 Å². The Hall–Kier alpha value is -3.22. The molecule has 3 rings (SSSR count). The average Bonchev–Trinajstić information content (AvgIpc) is 2.98. The molecule has 0 radical (unpaired) electrons. The highest BCUT2D eigenvalue weighted by atomic mass is 19.1. The van der Waals surface area contributed by atoms with Crippen LogP contribution in [0.4, 0.5) is 10.1 Å². The van der Waals surface area contributed by atoms with Crippen LogP contribution < -0.4 is 10.1 Å². The Morgan fingerprint density at radius 1 is 1.07 bits per heavy atom. The molecule has 0 atom stereocenters. The number of carbonyl (C=O) groups excluding carboxylic acids is 3. The fourth-order valence-corrected chi connectivity index (χ4v) is 2.72. The van der Waals surface area contributed by atoms with E-state index in [2.05, 4.69) is 5.32 Å². The van der Waals surface area contributed by atoms with E-state index in [4.69, 9.17) is 4.74 Å². The SMILES string of the molecule is O=C(CCN1C(=O)CCC1=O)Nc1cccc(OCc2ccc(F)cc2)c1. The summed E-state index contributed by atoms with van der Waals surface area (Å²) in [5, 5.41) is 2.72. The van der Waals surface area contributed by atoms with Crippen LogP contribution >= 0.6 is 0 Å². The minimum atomic E-state index is -0.305. The van der Waals surface area contributed by atoms with Gasteiger partial charge in [-0.3, -0.25) is 19.3 Å². The van der Waals surface area contributed by atoms with Crippen LogP contribution in [0.3, 0.4) is 0 Å². The van der Waals surface area contributed by atoms with Crippen molar-refractivity contribution >= 4 is 23.4 Å². The fourth-order valence-electron chi connectivity index (χ4n) is 2.72. The van der Waals surface area contributed by atoms with Crippen molar-refractivity contribution in [2.75, 3.05) is 11.9 Å². The number of ether oxygens (including phenoxy) is 1. The van der Waals surface area contributed by atoms with Gasteiger partial charge in [0.25, 0.3) is 0 Å². The first-order valence-corrected chi connectivity index (χ1v) is 8.61. The Labute approximate surface area is 155 Å². The zero-order valence-corrected chi connectivity index (χ0v) is 14.6. The fraction of sp³-hybridized carbons (Fsp3) is 0.250. The predicted octanol–water partition coefficient (Wildman–Crippen LogP) is 2.88. The number of amides is 3. The molecule has 0 spiro atoms. The molecule has 2 aromatic rings. The van der Waals surface area contributed by atoms with E-state index in [1.807, 2.05) is 0 Å². The van der Waals surface area contributed by atoms with Gasteiger partial charge in [0.15, 0.2) is 0 Å². The zero-order valence-electron chi connectivity index (χ0n) is 14.6. The number of benzene rings is 2. The molecule has 3 amide bonds. The molecule has 1 saturated heterocycles. The van der Waals surface area contributed by atoms with Gasteiger partial charge in [-0.15, -0.1) is 0 Å². The second-order valence-electron chi connectivity index (χ2n) is 6.18. The lowest BCUT2D eigenvalue weighted by atomic mass is 10.2. The molecule has 7 heteroatoms. The standard InChI is InChI=1S/C20H19FN2O4/c21-15-6-4-14(5-7-15)13-27-17-3-1-2-16(12-17)22-18(24)10-11-23-19(25)8-9-20(23)26/h1-7,12H,8-11,13H2,(H,22,24). The van der Waals surface area contributed by atoms with Crippen LogP contribution in [0.2, 0.25) is 0 Å². The number of hydrogen-bond donors (Lipinski definition) is 1. The number of anilines is 1. The van der Waals surface area contributed by atoms with Crippen molar-refractivity contribution < 1.29 is 23.5 Å². The first kappa shape index (κ1) is 18.6. The molecule has 6 nitrogen and oxygen atoms in total. The summed E-state index contributed by atoms with van der Waals surface area (Å²) in [4.78, 5) is 36.3. The molecule has 140 valence electrons. The van der Waals surface area contributed by atoms with Crippen molar-refractivity contribution in [2.45, 2.75) is 25.9 Å². The Morgan fingerprint density at radius 2 is 1.78 bits per heavy atom. The quantitative estimate of drug-likeness (QED) is 0.761. The average molecular weight is 370 g/mol. The van der Waals surface area contributed by atoms with Crippen LogP contribution in [0.25, 0.3) is 0 Å². The van der Waals surface area contributed by atoms with Crippen molar-refractivity contribution in [1.82, 2.24) is 4.90 Å². The molecule has 2 aromatic carbocycles. The molecule has 1 aliphatic rings. The normalized spacial score (nSPS) is 13.7. The molecular weight excluding hydrogens is 351 g/mol. The lowest BCUT2D eigenvalue weighted by Gasteiger charge is -2.13. The van der Waals surface area contributed by atoms with E-state index in [-0.39, 0.29) is 56.0 Å². The summed E-state index contributed by atoms with van der Waals surface area (Å²) in [6.07, 6.45) is 0.472. The molecule has 0 aromatic heterocycles. The topological polar surface area (TPSA) is 75.7 Å². The number of imide groups is 1. The summed E-state index contributed by atoms with van der Waals surface area (Å²) >= 11 is 0. The van der Waals surface area contributed by atoms with Gasteiger partial charge >= 0.3 is 0 Å². The molecule has 1 aliphatic heterocycles. The molecule has 1 N–H and O–H groups in total. The van der Waals surface area contributed by atoms with Crippen LogP contribution in [-0.4, -0.2) is 29.2 Å². The van der Waals surface area contributed by atoms with E-state index in [0.29, 0.717) is 11.4 Å². The number of rotatable bonds is 7. The van der Waals surface area contributed by atoms with E-state index in [1.54, 1.807) is 36.4 Å². The number of likely N-dealkylation sites (tertiary alicyclic amines) is 1. The van der Waals surface area contributed by atoms with E-state index < -0.39 is 0 Å². The molecule has 0 bridgehead atoms. The predicted molar refractivity (Wildman–Crippen MR) is 96.4 cm³/mol. The number of halogens is 1. The summed E-state index contributed by atoms with van der Waals surface area (Å²) in [7, 11) is 0. The summed E-state index contributed by atoms with van der Waals surface area (Å²) < 4.78 is 18.6. The minimum Gasteiger partial charge on any atom is -0.489 e. The maximum absolute atomic E-state index is 12.9. The van der Waals surface area contributed by atoms with E-state index >= 15 is 0 Å². The number of carbonyl (C=O) groups is 3. The summed E-state index contributed by atoms with van der Waals surface area (Å²) in [6, 6.07) is 12.9. The Balaban J connectivity index is 1.50. The Kier molecular flexibility index (Phi) is 5.80. The lowest BCUT2D eigenvalue weighted by molar-refractivity contribution is -0.138. The van der Waals surface area contributed by atoms with Gasteiger partial charge in [-0.05, 0) is 29.8 Å². The number of hydrogen-bond acceptors (Lipinski definition) is 4. The van der Waals surface area contributed by atoms with Gasteiger partial charge in [-0.1, -0.05) is 18.2 Å². The largest absolute Gasteiger partial charge is 0.489 e. The second-order valence-corrected chi connectivity index (χ2v) is 6.18. The zero-order chi connectivity index (χ0) is 19.2. The monoisotopic (exact) mass is 370 g/mol. The third-order valence-corrected chi connectivity index (χ3v) is 4.15. The van der Waals surface area contributed by atoms with Gasteiger partial charge in [-0.25, -0.2) is 4.39 Å². The third kappa shape index (κ3) is 5.13. The van der Waals surface area contributed by atoms with Crippen molar-refractivity contribution in [3.8, 4) is 5.75 Å². The van der Waals surface area contributed by atoms with Gasteiger partial charge in [0, 0.05) is 37.6 Å². The van der Waals surface area contributed by atoms with Gasteiger partial charge in [0.2, 0.25) is 17.7 Å². The summed E-state index contributed by atoms with van der Waals surface area (Å²) in [6.45, 7) is 0.362. The van der Waals surface area contributed by atoms with Crippen LogP contribution in [0.15, 0.2) is 48.5 Å². The van der Waals surface area contributed by atoms with Crippen LogP contribution in [-0.2, 0) is 21.0 Å². The van der Waals surface area contributed by atoms with Gasteiger partial charge in [0.1, 0.15) is 18.2 Å². The first-order chi connectivity index (χ1) is 13.0.